The van der Waals surface area contributed by atoms with Gasteiger partial charge < -0.3 is 20.4 Å². The second-order valence-corrected chi connectivity index (χ2v) is 7.39. The third-order valence-corrected chi connectivity index (χ3v) is 5.16. The van der Waals surface area contributed by atoms with Gasteiger partial charge in [0.25, 0.3) is 11.8 Å². The molecule has 0 aliphatic carbocycles. The van der Waals surface area contributed by atoms with Gasteiger partial charge in [0, 0.05) is 18.3 Å². The van der Waals surface area contributed by atoms with E-state index in [1.165, 1.54) is 29.9 Å². The van der Waals surface area contributed by atoms with Crippen LogP contribution in [0.1, 0.15) is 29.3 Å². The molecule has 0 saturated heterocycles. The zero-order valence-corrected chi connectivity index (χ0v) is 16.4. The number of benzene rings is 1. The normalized spacial score (nSPS) is 11.9. The van der Waals surface area contributed by atoms with Gasteiger partial charge in [-0.15, -0.1) is 11.3 Å². The summed E-state index contributed by atoms with van der Waals surface area (Å²) in [5.41, 5.74) is 7.70. The van der Waals surface area contributed by atoms with Crippen molar-refractivity contribution in [1.29, 1.82) is 0 Å². The van der Waals surface area contributed by atoms with Crippen LogP contribution in [0.5, 0.6) is 0 Å². The predicted molar refractivity (Wildman–Crippen MR) is 108 cm³/mol. The van der Waals surface area contributed by atoms with E-state index in [0.29, 0.717) is 11.5 Å². The van der Waals surface area contributed by atoms with Crippen LogP contribution in [0.4, 0.5) is 5.00 Å². The molecular weight excluding hydrogens is 378 g/mol. The summed E-state index contributed by atoms with van der Waals surface area (Å²) < 4.78 is 7.19. The van der Waals surface area contributed by atoms with E-state index in [1.807, 2.05) is 35.9 Å². The van der Waals surface area contributed by atoms with Crippen molar-refractivity contribution in [2.75, 3.05) is 5.32 Å². The number of fused-ring (bicyclic) bond motifs is 1. The van der Waals surface area contributed by atoms with E-state index in [9.17, 15) is 14.4 Å². The molecule has 8 heteroatoms. The second kappa shape index (κ2) is 8.26. The number of nitrogens with two attached hydrogens (primary N) is 1. The van der Waals surface area contributed by atoms with Crippen molar-refractivity contribution in [2.24, 2.45) is 5.73 Å². The number of primary amides is 1. The van der Waals surface area contributed by atoms with Crippen LogP contribution in [0.2, 0.25) is 0 Å². The lowest BCUT2D eigenvalue weighted by molar-refractivity contribution is -0.153. The van der Waals surface area contributed by atoms with Gasteiger partial charge in [0.2, 0.25) is 0 Å². The molecule has 0 aliphatic heterocycles. The van der Waals surface area contributed by atoms with Crippen LogP contribution < -0.4 is 11.1 Å². The van der Waals surface area contributed by atoms with E-state index in [0.717, 1.165) is 10.9 Å². The third kappa shape index (κ3) is 4.40. The topological polar surface area (TPSA) is 103 Å². The van der Waals surface area contributed by atoms with Crippen LogP contribution in [-0.2, 0) is 20.9 Å². The third-order valence-electron chi connectivity index (χ3n) is 4.33. The van der Waals surface area contributed by atoms with E-state index in [4.69, 9.17) is 10.5 Å². The summed E-state index contributed by atoms with van der Waals surface area (Å²) in [7, 11) is 0. The fraction of sp³-hybridized carbons (Fsp3) is 0.250. The number of aryl methyl sites for hydroxylation is 2. The molecule has 3 N–H and O–H groups in total. The molecule has 2 amide bonds. The fourth-order valence-corrected chi connectivity index (χ4v) is 3.64. The molecule has 146 valence electrons. The second-order valence-electron chi connectivity index (χ2n) is 6.47. The van der Waals surface area contributed by atoms with Crippen LogP contribution in [0.25, 0.3) is 10.9 Å². The minimum Gasteiger partial charge on any atom is -0.452 e. The Morgan fingerprint density at radius 1 is 1.25 bits per heavy atom. The molecule has 28 heavy (non-hydrogen) atoms. The van der Waals surface area contributed by atoms with Crippen molar-refractivity contribution in [2.45, 2.75) is 32.9 Å². The Bertz CT molecular complexity index is 1040. The quantitative estimate of drug-likeness (QED) is 0.596. The number of nitrogens with one attached hydrogen (secondary N) is 1. The van der Waals surface area contributed by atoms with Crippen LogP contribution in [0.15, 0.2) is 41.9 Å². The number of thiophene rings is 1. The Labute approximate surface area is 166 Å². The van der Waals surface area contributed by atoms with Gasteiger partial charge in [-0.25, -0.2) is 0 Å². The van der Waals surface area contributed by atoms with Crippen LogP contribution in [0, 0.1) is 6.92 Å². The molecule has 0 fully saturated rings. The van der Waals surface area contributed by atoms with Gasteiger partial charge in [-0.3, -0.25) is 14.4 Å². The highest BCUT2D eigenvalue weighted by molar-refractivity contribution is 7.14. The number of rotatable bonds is 7. The summed E-state index contributed by atoms with van der Waals surface area (Å²) in [6, 6.07) is 9.66. The van der Waals surface area contributed by atoms with Crippen molar-refractivity contribution in [3.05, 3.63) is 53.0 Å². The maximum Gasteiger partial charge on any atom is 0.308 e. The standard InChI is InChI=1S/C20H21N3O4S/c1-12-3-4-16-14(11-12)5-8-23(16)9-6-17(24)27-13(2)19(26)22-20-15(18(21)25)7-10-28-20/h3-5,7-8,10-11,13H,6,9H2,1-2H3,(H2,21,25)(H,22,26). The van der Waals surface area contributed by atoms with Crippen molar-refractivity contribution in [3.63, 3.8) is 0 Å². The Morgan fingerprint density at radius 3 is 2.79 bits per heavy atom. The van der Waals surface area contributed by atoms with Crippen molar-refractivity contribution in [3.8, 4) is 0 Å². The minimum atomic E-state index is -0.987. The molecule has 1 atom stereocenters. The van der Waals surface area contributed by atoms with Gasteiger partial charge in [-0.05, 0) is 48.9 Å². The monoisotopic (exact) mass is 399 g/mol. The molecule has 0 radical (unpaired) electrons. The fourth-order valence-electron chi connectivity index (χ4n) is 2.85. The van der Waals surface area contributed by atoms with Crippen LogP contribution >= 0.6 is 11.3 Å². The summed E-state index contributed by atoms with van der Waals surface area (Å²) in [4.78, 5) is 35.7. The average molecular weight is 399 g/mol. The molecular formula is C20H21N3O4S. The largest absolute Gasteiger partial charge is 0.452 e. The van der Waals surface area contributed by atoms with Gasteiger partial charge in [0.05, 0.1) is 12.0 Å². The lowest BCUT2D eigenvalue weighted by Gasteiger charge is -2.13. The Hall–Kier alpha value is -3.13. The Morgan fingerprint density at radius 2 is 2.04 bits per heavy atom. The number of hydrogen-bond acceptors (Lipinski definition) is 5. The first-order valence-corrected chi connectivity index (χ1v) is 9.66. The van der Waals surface area contributed by atoms with Crippen molar-refractivity contribution >= 4 is 45.0 Å². The molecule has 7 nitrogen and oxygen atoms in total. The zero-order valence-electron chi connectivity index (χ0n) is 15.6. The molecule has 3 rings (SSSR count). The molecule has 1 aromatic carbocycles. The summed E-state index contributed by atoms with van der Waals surface area (Å²) >= 11 is 1.18. The lowest BCUT2D eigenvalue weighted by atomic mass is 10.2. The lowest BCUT2D eigenvalue weighted by Crippen LogP contribution is -2.30. The highest BCUT2D eigenvalue weighted by Gasteiger charge is 2.20. The Kier molecular flexibility index (Phi) is 5.79. The minimum absolute atomic E-state index is 0.140. The number of nitrogens with zero attached hydrogens (tertiary/aromatic N) is 1. The van der Waals surface area contributed by atoms with E-state index < -0.39 is 23.9 Å². The van der Waals surface area contributed by atoms with E-state index in [2.05, 4.69) is 11.4 Å². The maximum atomic E-state index is 12.2. The first-order valence-electron chi connectivity index (χ1n) is 8.78. The highest BCUT2D eigenvalue weighted by atomic mass is 32.1. The van der Waals surface area contributed by atoms with Crippen molar-refractivity contribution in [1.82, 2.24) is 4.57 Å². The SMILES string of the molecule is Cc1ccc2c(ccn2CCC(=O)OC(C)C(=O)Nc2sccc2C(N)=O)c1. The first-order chi connectivity index (χ1) is 13.3. The molecule has 3 aromatic rings. The molecule has 0 saturated carbocycles. The van der Waals surface area contributed by atoms with Crippen LogP contribution in [-0.4, -0.2) is 28.5 Å². The molecule has 0 spiro atoms. The number of carbonyl (C=O) groups excluding carboxylic acids is 3. The summed E-state index contributed by atoms with van der Waals surface area (Å²) in [5.74, 6) is -1.62. The molecule has 0 aliphatic rings. The zero-order chi connectivity index (χ0) is 20.3. The smallest absolute Gasteiger partial charge is 0.308 e. The summed E-state index contributed by atoms with van der Waals surface area (Å²) in [6.45, 7) is 3.97. The number of ether oxygens (including phenoxy) is 1. The number of hydrogen-bond donors (Lipinski definition) is 2. The van der Waals surface area contributed by atoms with Crippen LogP contribution in [0.3, 0.4) is 0 Å². The number of aromatic nitrogens is 1. The number of carbonyl (C=O) groups is 3. The molecule has 2 heterocycles. The van der Waals surface area contributed by atoms with Gasteiger partial charge in [-0.1, -0.05) is 11.6 Å². The molecule has 1 unspecified atom stereocenters. The number of anilines is 1. The van der Waals surface area contributed by atoms with E-state index >= 15 is 0 Å². The van der Waals surface area contributed by atoms with Crippen molar-refractivity contribution < 1.29 is 19.1 Å². The predicted octanol–water partition coefficient (Wildman–Crippen LogP) is 3.07. The highest BCUT2D eigenvalue weighted by Crippen LogP contribution is 2.23. The van der Waals surface area contributed by atoms with E-state index in [-0.39, 0.29) is 12.0 Å². The number of esters is 1. The average Bonchev–Trinajstić information content (AvgIpc) is 3.26. The molecule has 0 bridgehead atoms. The van der Waals surface area contributed by atoms with Gasteiger partial charge >= 0.3 is 5.97 Å². The van der Waals surface area contributed by atoms with E-state index in [1.54, 1.807) is 5.38 Å². The molecule has 2 aromatic heterocycles. The maximum absolute atomic E-state index is 12.2. The first kappa shape index (κ1) is 19.6. The number of amides is 2. The Balaban J connectivity index is 1.54. The van der Waals surface area contributed by atoms with Gasteiger partial charge in [0.1, 0.15) is 5.00 Å². The van der Waals surface area contributed by atoms with Gasteiger partial charge in [0.15, 0.2) is 6.10 Å². The van der Waals surface area contributed by atoms with Gasteiger partial charge in [-0.2, -0.15) is 0 Å². The summed E-state index contributed by atoms with van der Waals surface area (Å²) in [6.07, 6.45) is 1.08. The summed E-state index contributed by atoms with van der Waals surface area (Å²) in [5, 5.41) is 5.68.